The molecule has 3 atom stereocenters. The maximum Gasteiger partial charge on any atom is 0.0576 e. The molecule has 17 heavy (non-hydrogen) atoms. The zero-order chi connectivity index (χ0) is 12.1. The van der Waals surface area contributed by atoms with Crippen LogP contribution in [0, 0.1) is 5.92 Å². The summed E-state index contributed by atoms with van der Waals surface area (Å²) in [5.74, 6) is 0.788. The fourth-order valence-corrected chi connectivity index (χ4v) is 3.28. The first kappa shape index (κ1) is 13.3. The van der Waals surface area contributed by atoms with Gasteiger partial charge in [0, 0.05) is 19.2 Å². The molecule has 1 N–H and O–H groups in total. The summed E-state index contributed by atoms with van der Waals surface area (Å²) >= 11 is 0. The molecule has 2 rings (SSSR count). The maximum absolute atomic E-state index is 5.67. The Morgan fingerprint density at radius 1 is 1.35 bits per heavy atom. The van der Waals surface area contributed by atoms with E-state index >= 15 is 0 Å². The molecule has 0 amide bonds. The molecule has 0 aromatic heterocycles. The number of likely N-dealkylation sites (tertiary alicyclic amines) is 1. The molecule has 3 nitrogen and oxygen atoms in total. The Bertz CT molecular complexity index is 216. The molecular formula is C14H28N2O. The first-order valence-electron chi connectivity index (χ1n) is 7.31. The van der Waals surface area contributed by atoms with Crippen LogP contribution in [0.2, 0.25) is 0 Å². The largest absolute Gasteiger partial charge is 0.378 e. The molecule has 0 radical (unpaired) electrons. The second-order valence-electron chi connectivity index (χ2n) is 5.74. The maximum atomic E-state index is 5.67. The number of hydrogen-bond acceptors (Lipinski definition) is 3. The first-order valence-corrected chi connectivity index (χ1v) is 7.31. The Balaban J connectivity index is 1.60. The molecule has 0 aliphatic carbocycles. The lowest BCUT2D eigenvalue weighted by molar-refractivity contribution is 0.0933. The van der Waals surface area contributed by atoms with Gasteiger partial charge in [0.05, 0.1) is 6.10 Å². The van der Waals surface area contributed by atoms with Gasteiger partial charge in [-0.05, 0) is 58.2 Å². The van der Waals surface area contributed by atoms with Crippen molar-refractivity contribution in [3.05, 3.63) is 0 Å². The van der Waals surface area contributed by atoms with Crippen molar-refractivity contribution in [3.8, 4) is 0 Å². The molecule has 0 aromatic rings. The van der Waals surface area contributed by atoms with Gasteiger partial charge in [0.25, 0.3) is 0 Å². The molecule has 0 spiro atoms. The van der Waals surface area contributed by atoms with Gasteiger partial charge in [-0.1, -0.05) is 6.92 Å². The number of hydrogen-bond donors (Lipinski definition) is 1. The zero-order valence-corrected chi connectivity index (χ0v) is 11.5. The molecule has 0 saturated carbocycles. The highest BCUT2D eigenvalue weighted by atomic mass is 16.5. The van der Waals surface area contributed by atoms with E-state index in [4.69, 9.17) is 4.74 Å². The van der Waals surface area contributed by atoms with E-state index in [2.05, 4.69) is 24.2 Å². The van der Waals surface area contributed by atoms with E-state index in [1.165, 1.54) is 51.7 Å². The summed E-state index contributed by atoms with van der Waals surface area (Å²) in [7, 11) is 2.09. The van der Waals surface area contributed by atoms with E-state index in [0.29, 0.717) is 6.10 Å². The summed E-state index contributed by atoms with van der Waals surface area (Å²) in [5.41, 5.74) is 0. The number of piperidine rings is 1. The predicted octanol–water partition coefficient (Wildman–Crippen LogP) is 1.88. The molecule has 3 heteroatoms. The summed E-state index contributed by atoms with van der Waals surface area (Å²) in [6.07, 6.45) is 7.01. The lowest BCUT2D eigenvalue weighted by Crippen LogP contribution is -2.47. The van der Waals surface area contributed by atoms with Crippen LogP contribution in [0.4, 0.5) is 0 Å². The Labute approximate surface area is 106 Å². The minimum absolute atomic E-state index is 0.572. The zero-order valence-electron chi connectivity index (χ0n) is 11.5. The molecule has 0 bridgehead atoms. The van der Waals surface area contributed by atoms with Crippen LogP contribution in [0.25, 0.3) is 0 Å². The lowest BCUT2D eigenvalue weighted by atomic mass is 9.94. The van der Waals surface area contributed by atoms with Gasteiger partial charge in [-0.2, -0.15) is 0 Å². The van der Waals surface area contributed by atoms with Crippen molar-refractivity contribution in [3.63, 3.8) is 0 Å². The summed E-state index contributed by atoms with van der Waals surface area (Å²) in [5, 5.41) is 3.43. The topological polar surface area (TPSA) is 24.5 Å². The Kier molecular flexibility index (Phi) is 5.26. The molecule has 0 aromatic carbocycles. The fraction of sp³-hybridized carbons (Fsp3) is 1.00. The van der Waals surface area contributed by atoms with E-state index in [0.717, 1.165) is 18.6 Å². The van der Waals surface area contributed by atoms with Crippen LogP contribution >= 0.6 is 0 Å². The van der Waals surface area contributed by atoms with Gasteiger partial charge in [-0.15, -0.1) is 0 Å². The Morgan fingerprint density at radius 2 is 2.24 bits per heavy atom. The summed E-state index contributed by atoms with van der Waals surface area (Å²) in [6.45, 7) is 7.15. The van der Waals surface area contributed by atoms with Gasteiger partial charge in [-0.25, -0.2) is 0 Å². The monoisotopic (exact) mass is 240 g/mol. The smallest absolute Gasteiger partial charge is 0.0576 e. The van der Waals surface area contributed by atoms with Gasteiger partial charge < -0.3 is 15.0 Å². The lowest BCUT2D eigenvalue weighted by Gasteiger charge is -2.36. The van der Waals surface area contributed by atoms with Gasteiger partial charge in [0.2, 0.25) is 0 Å². The second kappa shape index (κ2) is 6.72. The van der Waals surface area contributed by atoms with Crippen molar-refractivity contribution < 1.29 is 4.74 Å². The van der Waals surface area contributed by atoms with Gasteiger partial charge in [0.1, 0.15) is 0 Å². The van der Waals surface area contributed by atoms with Crippen molar-refractivity contribution in [2.24, 2.45) is 5.92 Å². The summed E-state index contributed by atoms with van der Waals surface area (Å²) in [6, 6.07) is 0.726. The van der Waals surface area contributed by atoms with Crippen LogP contribution in [-0.4, -0.2) is 50.3 Å². The molecule has 2 saturated heterocycles. The normalized spacial score (nSPS) is 35.3. The Morgan fingerprint density at radius 3 is 2.88 bits per heavy atom. The third-order valence-corrected chi connectivity index (χ3v) is 4.38. The average molecular weight is 240 g/mol. The van der Waals surface area contributed by atoms with Crippen molar-refractivity contribution in [1.82, 2.24) is 10.2 Å². The van der Waals surface area contributed by atoms with Crippen molar-refractivity contribution in [2.45, 2.75) is 51.2 Å². The molecule has 3 unspecified atom stereocenters. The SMILES string of the molecule is CNC1CCN(CCCC2CCCO2)CC1C. The van der Waals surface area contributed by atoms with Crippen LogP contribution in [0.5, 0.6) is 0 Å². The number of nitrogens with one attached hydrogen (secondary N) is 1. The third kappa shape index (κ3) is 3.94. The highest BCUT2D eigenvalue weighted by Crippen LogP contribution is 2.19. The Hall–Kier alpha value is -0.120. The molecule has 2 heterocycles. The van der Waals surface area contributed by atoms with Crippen LogP contribution in [-0.2, 0) is 4.74 Å². The highest BCUT2D eigenvalue weighted by Gasteiger charge is 2.24. The van der Waals surface area contributed by atoms with Gasteiger partial charge in [-0.3, -0.25) is 0 Å². The molecule has 100 valence electrons. The van der Waals surface area contributed by atoms with Crippen LogP contribution < -0.4 is 5.32 Å². The van der Waals surface area contributed by atoms with Gasteiger partial charge in [0.15, 0.2) is 0 Å². The van der Waals surface area contributed by atoms with Crippen molar-refractivity contribution in [2.75, 3.05) is 33.3 Å². The van der Waals surface area contributed by atoms with Crippen LogP contribution in [0.1, 0.15) is 39.0 Å². The van der Waals surface area contributed by atoms with Crippen LogP contribution in [0.15, 0.2) is 0 Å². The third-order valence-electron chi connectivity index (χ3n) is 4.38. The highest BCUT2D eigenvalue weighted by molar-refractivity contribution is 4.81. The van der Waals surface area contributed by atoms with E-state index in [1.807, 2.05) is 0 Å². The molecule has 2 aliphatic heterocycles. The van der Waals surface area contributed by atoms with E-state index in [1.54, 1.807) is 0 Å². The predicted molar refractivity (Wildman–Crippen MR) is 71.3 cm³/mol. The minimum Gasteiger partial charge on any atom is -0.378 e. The number of ether oxygens (including phenoxy) is 1. The molecule has 2 aliphatic rings. The molecule has 2 fully saturated rings. The first-order chi connectivity index (χ1) is 8.29. The number of nitrogens with zero attached hydrogens (tertiary/aromatic N) is 1. The van der Waals surface area contributed by atoms with Crippen molar-refractivity contribution in [1.29, 1.82) is 0 Å². The van der Waals surface area contributed by atoms with Gasteiger partial charge >= 0.3 is 0 Å². The summed E-state index contributed by atoms with van der Waals surface area (Å²) < 4.78 is 5.67. The van der Waals surface area contributed by atoms with E-state index in [-0.39, 0.29) is 0 Å². The standard InChI is InChI=1S/C14H28N2O/c1-12-11-16(9-7-14(12)15-2)8-3-5-13-6-4-10-17-13/h12-15H,3-11H2,1-2H3. The quantitative estimate of drug-likeness (QED) is 0.794. The van der Waals surface area contributed by atoms with E-state index in [9.17, 15) is 0 Å². The molecular weight excluding hydrogens is 212 g/mol. The van der Waals surface area contributed by atoms with E-state index < -0.39 is 0 Å². The minimum atomic E-state index is 0.572. The summed E-state index contributed by atoms with van der Waals surface area (Å²) in [4.78, 5) is 2.63. The number of rotatable bonds is 5. The van der Waals surface area contributed by atoms with Crippen LogP contribution in [0.3, 0.4) is 0 Å². The fourth-order valence-electron chi connectivity index (χ4n) is 3.28. The van der Waals surface area contributed by atoms with Crippen molar-refractivity contribution >= 4 is 0 Å². The second-order valence-corrected chi connectivity index (χ2v) is 5.74. The average Bonchev–Trinajstić information content (AvgIpc) is 2.82.